The van der Waals surface area contributed by atoms with Crippen LogP contribution < -0.4 is 0 Å². The maximum absolute atomic E-state index is 9.73. The summed E-state index contributed by atoms with van der Waals surface area (Å²) in [5, 5.41) is 28.7. The van der Waals surface area contributed by atoms with Crippen molar-refractivity contribution in [2.24, 2.45) is 5.92 Å². The third-order valence-electron chi connectivity index (χ3n) is 3.18. The molecular formula is C10H11ClN4O4. The van der Waals surface area contributed by atoms with Gasteiger partial charge in [0.25, 0.3) is 0 Å². The van der Waals surface area contributed by atoms with Gasteiger partial charge in [0.05, 0.1) is 18.9 Å². The number of aliphatic hydroxyl groups excluding tert-OH is 3. The second kappa shape index (κ2) is 4.66. The standard InChI is InChI=1S/C10H11ClN4O4/c11-7-5-8(13-2-12-7)15(3-14-5)9-4(1-16)6(17)10(18)19-9/h2-4,6,9-10,16-18H,1H2. The first-order valence-electron chi connectivity index (χ1n) is 5.59. The molecule has 0 bridgehead atoms. The molecule has 0 amide bonds. The molecule has 0 aliphatic carbocycles. The Bertz CT molecular complexity index is 606. The van der Waals surface area contributed by atoms with E-state index in [2.05, 4.69) is 15.0 Å². The quantitative estimate of drug-likeness (QED) is 0.625. The van der Waals surface area contributed by atoms with Crippen molar-refractivity contribution < 1.29 is 20.1 Å². The lowest BCUT2D eigenvalue weighted by Gasteiger charge is -2.18. The fraction of sp³-hybridized carbons (Fsp3) is 0.500. The van der Waals surface area contributed by atoms with Crippen LogP contribution >= 0.6 is 11.6 Å². The largest absolute Gasteiger partial charge is 0.396 e. The molecule has 3 N–H and O–H groups in total. The van der Waals surface area contributed by atoms with Crippen molar-refractivity contribution >= 4 is 22.8 Å². The van der Waals surface area contributed by atoms with Gasteiger partial charge in [0.1, 0.15) is 24.2 Å². The molecule has 9 heteroatoms. The second-order valence-corrected chi connectivity index (χ2v) is 4.60. The number of aromatic nitrogens is 4. The number of rotatable bonds is 2. The summed E-state index contributed by atoms with van der Waals surface area (Å²) >= 11 is 5.89. The van der Waals surface area contributed by atoms with E-state index in [1.54, 1.807) is 0 Å². The number of fused-ring (bicyclic) bond motifs is 1. The third kappa shape index (κ3) is 1.88. The predicted octanol–water partition coefficient (Wildman–Crippen LogP) is -0.704. The van der Waals surface area contributed by atoms with Gasteiger partial charge in [-0.05, 0) is 0 Å². The highest BCUT2D eigenvalue weighted by atomic mass is 35.5. The molecule has 19 heavy (non-hydrogen) atoms. The van der Waals surface area contributed by atoms with E-state index in [9.17, 15) is 15.3 Å². The zero-order valence-electron chi connectivity index (χ0n) is 9.59. The average Bonchev–Trinajstić information content (AvgIpc) is 2.93. The number of hydrogen-bond donors (Lipinski definition) is 3. The summed E-state index contributed by atoms with van der Waals surface area (Å²) in [5.41, 5.74) is 0.796. The highest BCUT2D eigenvalue weighted by molar-refractivity contribution is 6.33. The molecule has 0 spiro atoms. The van der Waals surface area contributed by atoms with Crippen LogP contribution in [0.1, 0.15) is 6.23 Å². The Labute approximate surface area is 112 Å². The van der Waals surface area contributed by atoms with Crippen LogP contribution in [0.4, 0.5) is 0 Å². The van der Waals surface area contributed by atoms with E-state index in [-0.39, 0.29) is 11.8 Å². The van der Waals surface area contributed by atoms with E-state index in [4.69, 9.17) is 16.3 Å². The molecule has 2 aromatic rings. The molecule has 102 valence electrons. The van der Waals surface area contributed by atoms with Gasteiger partial charge < -0.3 is 20.1 Å². The van der Waals surface area contributed by atoms with Crippen molar-refractivity contribution in [1.82, 2.24) is 19.5 Å². The Hall–Kier alpha value is -1.32. The molecule has 1 fully saturated rings. The number of imidazole rings is 1. The van der Waals surface area contributed by atoms with Crippen molar-refractivity contribution in [3.05, 3.63) is 17.8 Å². The lowest BCUT2D eigenvalue weighted by Crippen LogP contribution is -2.29. The molecule has 3 heterocycles. The van der Waals surface area contributed by atoms with Crippen LogP contribution in [0, 0.1) is 5.92 Å². The van der Waals surface area contributed by atoms with Crippen molar-refractivity contribution in [2.45, 2.75) is 18.6 Å². The van der Waals surface area contributed by atoms with Crippen LogP contribution in [-0.2, 0) is 4.74 Å². The summed E-state index contributed by atoms with van der Waals surface area (Å²) in [7, 11) is 0. The Kier molecular flexibility index (Phi) is 3.11. The monoisotopic (exact) mass is 286 g/mol. The van der Waals surface area contributed by atoms with Gasteiger partial charge in [-0.1, -0.05) is 11.6 Å². The van der Waals surface area contributed by atoms with Crippen molar-refractivity contribution in [1.29, 1.82) is 0 Å². The van der Waals surface area contributed by atoms with E-state index < -0.39 is 24.5 Å². The molecule has 2 aromatic heterocycles. The van der Waals surface area contributed by atoms with Crippen LogP contribution in [0.15, 0.2) is 12.7 Å². The van der Waals surface area contributed by atoms with Crippen LogP contribution in [0.3, 0.4) is 0 Å². The van der Waals surface area contributed by atoms with Crippen LogP contribution in [0.25, 0.3) is 11.2 Å². The van der Waals surface area contributed by atoms with E-state index in [1.165, 1.54) is 17.2 Å². The topological polar surface area (TPSA) is 114 Å². The summed E-state index contributed by atoms with van der Waals surface area (Å²) < 4.78 is 6.74. The fourth-order valence-electron chi connectivity index (χ4n) is 2.18. The number of aliphatic hydroxyl groups is 3. The maximum Gasteiger partial charge on any atom is 0.183 e. The van der Waals surface area contributed by atoms with Gasteiger partial charge in [-0.3, -0.25) is 4.57 Å². The summed E-state index contributed by atoms with van der Waals surface area (Å²) in [6.45, 7) is -0.346. The third-order valence-corrected chi connectivity index (χ3v) is 3.45. The molecule has 1 saturated heterocycles. The molecular weight excluding hydrogens is 276 g/mol. The highest BCUT2D eigenvalue weighted by Gasteiger charge is 2.44. The van der Waals surface area contributed by atoms with Gasteiger partial charge >= 0.3 is 0 Å². The Balaban J connectivity index is 2.07. The Morgan fingerprint density at radius 2 is 2.11 bits per heavy atom. The smallest absolute Gasteiger partial charge is 0.183 e. The molecule has 3 rings (SSSR count). The fourth-order valence-corrected chi connectivity index (χ4v) is 2.36. The van der Waals surface area contributed by atoms with Gasteiger partial charge in [-0.25, -0.2) is 15.0 Å². The summed E-state index contributed by atoms with van der Waals surface area (Å²) in [6, 6.07) is 0. The molecule has 0 aromatic carbocycles. The van der Waals surface area contributed by atoms with E-state index >= 15 is 0 Å². The maximum atomic E-state index is 9.73. The first kappa shape index (κ1) is 12.7. The number of nitrogens with zero attached hydrogens (tertiary/aromatic N) is 4. The first-order chi connectivity index (χ1) is 9.13. The van der Waals surface area contributed by atoms with Crippen molar-refractivity contribution in [3.8, 4) is 0 Å². The molecule has 0 saturated carbocycles. The molecule has 1 aliphatic heterocycles. The Morgan fingerprint density at radius 3 is 2.84 bits per heavy atom. The van der Waals surface area contributed by atoms with Gasteiger partial charge in [0, 0.05) is 0 Å². The second-order valence-electron chi connectivity index (χ2n) is 4.24. The van der Waals surface area contributed by atoms with Gasteiger partial charge in [-0.15, -0.1) is 0 Å². The van der Waals surface area contributed by atoms with Crippen molar-refractivity contribution in [3.63, 3.8) is 0 Å². The van der Waals surface area contributed by atoms with Crippen molar-refractivity contribution in [2.75, 3.05) is 6.61 Å². The number of halogens is 1. The lowest BCUT2D eigenvalue weighted by atomic mass is 10.0. The summed E-state index contributed by atoms with van der Waals surface area (Å²) in [4.78, 5) is 11.9. The zero-order valence-corrected chi connectivity index (χ0v) is 10.3. The minimum Gasteiger partial charge on any atom is -0.396 e. The summed E-state index contributed by atoms with van der Waals surface area (Å²) in [6.07, 6.45) is -0.616. The Morgan fingerprint density at radius 1 is 1.32 bits per heavy atom. The highest BCUT2D eigenvalue weighted by Crippen LogP contribution is 2.35. The average molecular weight is 287 g/mol. The van der Waals surface area contributed by atoms with Crippen LogP contribution in [0.5, 0.6) is 0 Å². The minimum absolute atomic E-state index is 0.198. The van der Waals surface area contributed by atoms with Gasteiger partial charge in [0.15, 0.2) is 17.1 Å². The van der Waals surface area contributed by atoms with Crippen LogP contribution in [-0.4, -0.2) is 53.8 Å². The summed E-state index contributed by atoms with van der Waals surface area (Å²) in [5.74, 6) is -0.679. The number of hydrogen-bond acceptors (Lipinski definition) is 7. The lowest BCUT2D eigenvalue weighted by molar-refractivity contribution is -0.140. The molecule has 0 radical (unpaired) electrons. The minimum atomic E-state index is -1.36. The zero-order chi connectivity index (χ0) is 13.6. The molecule has 1 aliphatic rings. The number of ether oxygens (including phenoxy) is 1. The first-order valence-corrected chi connectivity index (χ1v) is 5.96. The van der Waals surface area contributed by atoms with E-state index in [0.29, 0.717) is 11.2 Å². The van der Waals surface area contributed by atoms with E-state index in [0.717, 1.165) is 0 Å². The molecule has 4 atom stereocenters. The predicted molar refractivity (Wildman–Crippen MR) is 63.0 cm³/mol. The SMILES string of the molecule is OCC1C(O)C(O)OC1n1cnc2c(Cl)ncnc21. The van der Waals surface area contributed by atoms with Gasteiger partial charge in [0.2, 0.25) is 0 Å². The van der Waals surface area contributed by atoms with Crippen LogP contribution in [0.2, 0.25) is 5.15 Å². The van der Waals surface area contributed by atoms with Gasteiger partial charge in [-0.2, -0.15) is 0 Å². The normalized spacial score (nSPS) is 31.2. The van der Waals surface area contributed by atoms with E-state index in [1.807, 2.05) is 0 Å². The molecule has 8 nitrogen and oxygen atoms in total. The molecule has 4 unspecified atom stereocenters.